The van der Waals surface area contributed by atoms with Crippen molar-refractivity contribution in [3.63, 3.8) is 0 Å². The summed E-state index contributed by atoms with van der Waals surface area (Å²) in [5.74, 6) is 0.351. The first kappa shape index (κ1) is 20.3. The molecule has 0 saturated carbocycles. The number of ether oxygens (including phenoxy) is 1. The third-order valence-electron chi connectivity index (χ3n) is 3.87. The molecule has 0 atom stereocenters. The van der Waals surface area contributed by atoms with Crippen LogP contribution >= 0.6 is 11.8 Å². The van der Waals surface area contributed by atoms with Gasteiger partial charge in [0, 0.05) is 6.54 Å². The number of hydrogen-bond donors (Lipinski definition) is 2. The molecule has 0 aliphatic heterocycles. The zero-order valence-corrected chi connectivity index (χ0v) is 16.6. The lowest BCUT2D eigenvalue weighted by Crippen LogP contribution is -2.40. The summed E-state index contributed by atoms with van der Waals surface area (Å²) in [6.45, 7) is 0.797. The van der Waals surface area contributed by atoms with E-state index in [4.69, 9.17) is 4.74 Å². The topological polar surface area (TPSA) is 111 Å². The molecule has 0 bridgehead atoms. The summed E-state index contributed by atoms with van der Waals surface area (Å²) in [5, 5.41) is 17.0. The van der Waals surface area contributed by atoms with Crippen LogP contribution in [-0.2, 0) is 17.9 Å². The molecule has 3 aromatic rings. The van der Waals surface area contributed by atoms with E-state index in [-0.39, 0.29) is 5.75 Å². The number of benzene rings is 2. The Morgan fingerprint density at radius 1 is 1.07 bits per heavy atom. The summed E-state index contributed by atoms with van der Waals surface area (Å²) >= 11 is 1.16. The molecule has 9 nitrogen and oxygen atoms in total. The number of nitrogens with one attached hydrogen (secondary N) is 2. The molecule has 0 saturated heterocycles. The molecule has 0 aliphatic carbocycles. The van der Waals surface area contributed by atoms with Crippen LogP contribution < -0.4 is 15.4 Å². The highest BCUT2D eigenvalue weighted by atomic mass is 32.2. The Morgan fingerprint density at radius 3 is 2.55 bits per heavy atom. The van der Waals surface area contributed by atoms with Crippen molar-refractivity contribution in [3.05, 3.63) is 65.7 Å². The maximum Gasteiger partial charge on any atom is 0.321 e. The number of carbonyl (C=O) groups excluding carboxylic acids is 2. The summed E-state index contributed by atoms with van der Waals surface area (Å²) in [7, 11) is 1.61. The van der Waals surface area contributed by atoms with Crippen molar-refractivity contribution < 1.29 is 14.3 Å². The Balaban J connectivity index is 1.45. The number of aromatic nitrogens is 4. The SMILES string of the molecule is COc1ccc(Cn2nnnc2SCC(=O)NC(=O)NCc2ccccc2)cc1. The average Bonchev–Trinajstić information content (AvgIpc) is 3.19. The van der Waals surface area contributed by atoms with E-state index in [1.165, 1.54) is 0 Å². The number of rotatable bonds is 8. The number of thioether (sulfide) groups is 1. The van der Waals surface area contributed by atoms with Crippen molar-refractivity contribution in [2.45, 2.75) is 18.2 Å². The number of hydrogen-bond acceptors (Lipinski definition) is 7. The van der Waals surface area contributed by atoms with E-state index in [1.54, 1.807) is 11.8 Å². The molecule has 3 amide bonds. The van der Waals surface area contributed by atoms with E-state index in [0.29, 0.717) is 18.2 Å². The van der Waals surface area contributed by atoms with Crippen molar-refractivity contribution in [2.75, 3.05) is 12.9 Å². The second-order valence-corrected chi connectivity index (χ2v) is 6.91. The highest BCUT2D eigenvalue weighted by molar-refractivity contribution is 7.99. The molecule has 2 N–H and O–H groups in total. The molecule has 10 heteroatoms. The summed E-state index contributed by atoms with van der Waals surface area (Å²) in [5.41, 5.74) is 1.94. The van der Waals surface area contributed by atoms with Crippen LogP contribution in [0.4, 0.5) is 4.79 Å². The third kappa shape index (κ3) is 6.32. The number of imide groups is 1. The number of carbonyl (C=O) groups is 2. The van der Waals surface area contributed by atoms with Gasteiger partial charge in [-0.15, -0.1) is 5.10 Å². The number of methoxy groups -OCH3 is 1. The molecule has 1 aromatic heterocycles. The Labute approximate surface area is 171 Å². The summed E-state index contributed by atoms with van der Waals surface area (Å²) in [6, 6.07) is 16.4. The van der Waals surface area contributed by atoms with Crippen molar-refractivity contribution >= 4 is 23.7 Å². The zero-order valence-electron chi connectivity index (χ0n) is 15.7. The predicted octanol–water partition coefficient (Wildman–Crippen LogP) is 1.85. The van der Waals surface area contributed by atoms with Gasteiger partial charge >= 0.3 is 6.03 Å². The number of urea groups is 1. The molecule has 2 aromatic carbocycles. The molecular formula is C19H20N6O3S. The minimum Gasteiger partial charge on any atom is -0.497 e. The van der Waals surface area contributed by atoms with Crippen LogP contribution in [0.1, 0.15) is 11.1 Å². The fourth-order valence-corrected chi connectivity index (χ4v) is 3.09. The van der Waals surface area contributed by atoms with Crippen molar-refractivity contribution in [2.24, 2.45) is 0 Å². The first-order valence-electron chi connectivity index (χ1n) is 8.77. The Hall–Kier alpha value is -3.40. The molecule has 150 valence electrons. The Kier molecular flexibility index (Phi) is 7.17. The van der Waals surface area contributed by atoms with E-state index in [1.807, 2.05) is 54.6 Å². The molecule has 0 radical (unpaired) electrons. The molecule has 0 unspecified atom stereocenters. The van der Waals surface area contributed by atoms with Crippen LogP contribution in [0.15, 0.2) is 59.8 Å². The van der Waals surface area contributed by atoms with E-state index in [9.17, 15) is 9.59 Å². The Bertz CT molecular complexity index is 946. The first-order valence-corrected chi connectivity index (χ1v) is 9.76. The van der Waals surface area contributed by atoms with Crippen LogP contribution in [-0.4, -0.2) is 45.0 Å². The van der Waals surface area contributed by atoms with Crippen molar-refractivity contribution in [1.82, 2.24) is 30.8 Å². The number of nitrogens with zero attached hydrogens (tertiary/aromatic N) is 4. The first-order chi connectivity index (χ1) is 14.1. The lowest BCUT2D eigenvalue weighted by Gasteiger charge is -2.07. The van der Waals surface area contributed by atoms with Gasteiger partial charge in [0.15, 0.2) is 0 Å². The Morgan fingerprint density at radius 2 is 1.83 bits per heavy atom. The molecule has 0 aliphatic rings. The van der Waals surface area contributed by atoms with Crippen molar-refractivity contribution in [3.8, 4) is 5.75 Å². The fraction of sp³-hybridized carbons (Fsp3) is 0.211. The van der Waals surface area contributed by atoms with Gasteiger partial charge in [0.2, 0.25) is 11.1 Å². The largest absolute Gasteiger partial charge is 0.497 e. The minimum absolute atomic E-state index is 0.0156. The van der Waals surface area contributed by atoms with E-state index in [2.05, 4.69) is 26.2 Å². The molecule has 29 heavy (non-hydrogen) atoms. The zero-order chi connectivity index (χ0) is 20.5. The van der Waals surface area contributed by atoms with Crippen LogP contribution in [0, 0.1) is 0 Å². The van der Waals surface area contributed by atoms with Crippen LogP contribution in [0.5, 0.6) is 5.75 Å². The number of amides is 3. The highest BCUT2D eigenvalue weighted by Gasteiger charge is 2.12. The maximum absolute atomic E-state index is 12.0. The van der Waals surface area contributed by atoms with E-state index >= 15 is 0 Å². The molecule has 0 spiro atoms. The van der Waals surface area contributed by atoms with Crippen LogP contribution in [0.25, 0.3) is 0 Å². The summed E-state index contributed by atoms with van der Waals surface area (Å²) < 4.78 is 6.73. The molecule has 0 fully saturated rings. The lowest BCUT2D eigenvalue weighted by molar-refractivity contribution is -0.117. The lowest BCUT2D eigenvalue weighted by atomic mass is 10.2. The minimum atomic E-state index is -0.544. The van der Waals surface area contributed by atoms with Crippen LogP contribution in [0.3, 0.4) is 0 Å². The van der Waals surface area contributed by atoms with Gasteiger partial charge in [0.25, 0.3) is 0 Å². The third-order valence-corrected chi connectivity index (χ3v) is 4.83. The van der Waals surface area contributed by atoms with Crippen molar-refractivity contribution in [1.29, 1.82) is 0 Å². The van der Waals surface area contributed by atoms with Gasteiger partial charge < -0.3 is 10.1 Å². The molecule has 1 heterocycles. The standard InChI is InChI=1S/C19H20N6O3S/c1-28-16-9-7-15(8-10-16)12-25-19(22-23-24-25)29-13-17(26)21-18(27)20-11-14-5-3-2-4-6-14/h2-10H,11-13H2,1H3,(H2,20,21,26,27). The second kappa shape index (κ2) is 10.2. The quantitative estimate of drug-likeness (QED) is 0.543. The maximum atomic E-state index is 12.0. The second-order valence-electron chi connectivity index (χ2n) is 5.97. The monoisotopic (exact) mass is 412 g/mol. The average molecular weight is 412 g/mol. The highest BCUT2D eigenvalue weighted by Crippen LogP contribution is 2.16. The predicted molar refractivity (Wildman–Crippen MR) is 107 cm³/mol. The van der Waals surface area contributed by atoms with Gasteiger partial charge in [-0.05, 0) is 33.7 Å². The smallest absolute Gasteiger partial charge is 0.321 e. The van der Waals surface area contributed by atoms with Crippen LogP contribution in [0.2, 0.25) is 0 Å². The number of tetrazole rings is 1. The van der Waals surface area contributed by atoms with Gasteiger partial charge in [-0.3, -0.25) is 10.1 Å². The van der Waals surface area contributed by atoms with Gasteiger partial charge in [-0.2, -0.15) is 0 Å². The fourth-order valence-electron chi connectivity index (χ4n) is 2.42. The summed E-state index contributed by atoms with van der Waals surface area (Å²) in [6.07, 6.45) is 0. The normalized spacial score (nSPS) is 10.4. The van der Waals surface area contributed by atoms with Gasteiger partial charge in [0.1, 0.15) is 5.75 Å². The summed E-state index contributed by atoms with van der Waals surface area (Å²) in [4.78, 5) is 23.9. The van der Waals surface area contributed by atoms with Gasteiger partial charge in [-0.1, -0.05) is 54.2 Å². The molecular weight excluding hydrogens is 392 g/mol. The van der Waals surface area contributed by atoms with Gasteiger partial charge in [0.05, 0.1) is 19.4 Å². The van der Waals surface area contributed by atoms with Gasteiger partial charge in [-0.25, -0.2) is 9.48 Å². The van der Waals surface area contributed by atoms with E-state index < -0.39 is 11.9 Å². The van der Waals surface area contributed by atoms with E-state index in [0.717, 1.165) is 28.6 Å². The molecule has 3 rings (SSSR count).